The summed E-state index contributed by atoms with van der Waals surface area (Å²) in [4.78, 5) is 11.5. The lowest BCUT2D eigenvalue weighted by atomic mass is 10.1. The van der Waals surface area contributed by atoms with Crippen LogP contribution in [0, 0.1) is 0 Å². The maximum Gasteiger partial charge on any atom is 0.407 e. The molecule has 0 saturated carbocycles. The molecule has 0 radical (unpaired) electrons. The average Bonchev–Trinajstić information content (AvgIpc) is 2.41. The summed E-state index contributed by atoms with van der Waals surface area (Å²) in [7, 11) is 0. The largest absolute Gasteiger partial charge is 0.444 e. The molecule has 0 aromatic heterocycles. The summed E-state index contributed by atoms with van der Waals surface area (Å²) in [5.41, 5.74) is 0.683. The van der Waals surface area contributed by atoms with Crippen LogP contribution in [0.4, 0.5) is 4.79 Å². The third kappa shape index (κ3) is 8.32. The van der Waals surface area contributed by atoms with Crippen molar-refractivity contribution in [2.75, 3.05) is 19.7 Å². The molecule has 21 heavy (non-hydrogen) atoms. The van der Waals surface area contributed by atoms with Crippen molar-refractivity contribution in [3.63, 3.8) is 0 Å². The van der Waals surface area contributed by atoms with E-state index in [1.165, 1.54) is 5.56 Å². The van der Waals surface area contributed by atoms with Crippen molar-refractivity contribution in [1.82, 2.24) is 10.6 Å². The molecule has 1 aromatic rings. The Hall–Kier alpha value is -1.59. The smallest absolute Gasteiger partial charge is 0.407 e. The van der Waals surface area contributed by atoms with Crippen LogP contribution in [0.5, 0.6) is 0 Å². The van der Waals surface area contributed by atoms with Crippen LogP contribution < -0.4 is 10.6 Å². The van der Waals surface area contributed by atoms with Crippen molar-refractivity contribution in [1.29, 1.82) is 0 Å². The molecule has 1 atom stereocenters. The van der Waals surface area contributed by atoms with Gasteiger partial charge in [0.25, 0.3) is 0 Å². The van der Waals surface area contributed by atoms with E-state index in [1.807, 2.05) is 51.1 Å². The van der Waals surface area contributed by atoms with Gasteiger partial charge in [-0.25, -0.2) is 4.79 Å². The van der Waals surface area contributed by atoms with E-state index in [0.717, 1.165) is 6.42 Å². The summed E-state index contributed by atoms with van der Waals surface area (Å²) in [5, 5.41) is 15.3. The molecule has 1 amide bonds. The highest BCUT2D eigenvalue weighted by molar-refractivity contribution is 5.67. The van der Waals surface area contributed by atoms with Gasteiger partial charge in [0, 0.05) is 19.1 Å². The van der Waals surface area contributed by atoms with E-state index in [4.69, 9.17) is 4.74 Å². The number of alkyl carbamates (subject to hydrolysis) is 1. The number of benzene rings is 1. The number of nitrogens with one attached hydrogen (secondary N) is 2. The van der Waals surface area contributed by atoms with E-state index in [0.29, 0.717) is 13.1 Å². The second kappa shape index (κ2) is 8.64. The van der Waals surface area contributed by atoms with E-state index in [1.54, 1.807) is 0 Å². The Morgan fingerprint density at radius 3 is 2.48 bits per heavy atom. The van der Waals surface area contributed by atoms with Gasteiger partial charge in [0.1, 0.15) is 5.60 Å². The summed E-state index contributed by atoms with van der Waals surface area (Å²) in [6.07, 6.45) is 0.331. The highest BCUT2D eigenvalue weighted by atomic mass is 16.6. The number of ether oxygens (including phenoxy) is 1. The molecule has 1 aromatic carbocycles. The fourth-order valence-electron chi connectivity index (χ4n) is 1.85. The molecule has 0 unspecified atom stereocenters. The normalized spacial score (nSPS) is 12.8. The number of amides is 1. The fraction of sp³-hybridized carbons (Fsp3) is 0.562. The number of hydrogen-bond donors (Lipinski definition) is 3. The van der Waals surface area contributed by atoms with E-state index in [2.05, 4.69) is 10.6 Å². The molecule has 0 aliphatic rings. The van der Waals surface area contributed by atoms with Crippen LogP contribution in [0.25, 0.3) is 0 Å². The third-order valence-corrected chi connectivity index (χ3v) is 2.77. The van der Waals surface area contributed by atoms with Gasteiger partial charge in [0.2, 0.25) is 0 Å². The second-order valence-corrected chi connectivity index (χ2v) is 5.95. The highest BCUT2D eigenvalue weighted by Gasteiger charge is 2.15. The van der Waals surface area contributed by atoms with Crippen LogP contribution in [0.1, 0.15) is 26.3 Å². The van der Waals surface area contributed by atoms with Gasteiger partial charge < -0.3 is 20.5 Å². The number of aliphatic hydroxyl groups is 1. The molecule has 0 fully saturated rings. The van der Waals surface area contributed by atoms with Crippen molar-refractivity contribution >= 4 is 6.09 Å². The molecule has 0 heterocycles. The molecule has 0 saturated heterocycles. The number of carbonyl (C=O) groups is 1. The molecule has 5 nitrogen and oxygen atoms in total. The minimum atomic E-state index is -0.488. The van der Waals surface area contributed by atoms with Crippen LogP contribution >= 0.6 is 0 Å². The van der Waals surface area contributed by atoms with Crippen molar-refractivity contribution in [3.05, 3.63) is 35.9 Å². The maximum absolute atomic E-state index is 11.5. The van der Waals surface area contributed by atoms with E-state index in [9.17, 15) is 9.90 Å². The standard InChI is InChI=1S/C16H26N2O3/c1-16(2,3)21-15(20)18-10-9-17-14(12-19)11-13-7-5-4-6-8-13/h4-8,14,17,19H,9-12H2,1-3H3,(H,18,20)/t14-/m0/s1. The number of hydrogen-bond acceptors (Lipinski definition) is 4. The maximum atomic E-state index is 11.5. The number of aliphatic hydroxyl groups excluding tert-OH is 1. The molecule has 118 valence electrons. The summed E-state index contributed by atoms with van der Waals surface area (Å²) < 4.78 is 5.14. The highest BCUT2D eigenvalue weighted by Crippen LogP contribution is 2.06. The monoisotopic (exact) mass is 294 g/mol. The van der Waals surface area contributed by atoms with Crippen LogP contribution in [-0.2, 0) is 11.2 Å². The lowest BCUT2D eigenvalue weighted by Gasteiger charge is -2.20. The molecular formula is C16H26N2O3. The number of carbonyl (C=O) groups excluding carboxylic acids is 1. The Labute approximate surface area is 126 Å². The van der Waals surface area contributed by atoms with Gasteiger partial charge in [-0.15, -0.1) is 0 Å². The van der Waals surface area contributed by atoms with E-state index in [-0.39, 0.29) is 12.6 Å². The summed E-state index contributed by atoms with van der Waals surface area (Å²) >= 11 is 0. The first-order chi connectivity index (χ1) is 9.90. The molecule has 0 spiro atoms. The van der Waals surface area contributed by atoms with Gasteiger partial charge in [0.15, 0.2) is 0 Å². The Kier molecular flexibility index (Phi) is 7.19. The minimum Gasteiger partial charge on any atom is -0.444 e. The minimum absolute atomic E-state index is 0.0205. The Balaban J connectivity index is 2.22. The molecule has 1 rings (SSSR count). The van der Waals surface area contributed by atoms with E-state index >= 15 is 0 Å². The van der Waals surface area contributed by atoms with Crippen molar-refractivity contribution < 1.29 is 14.6 Å². The van der Waals surface area contributed by atoms with Crippen LogP contribution in [0.2, 0.25) is 0 Å². The molecular weight excluding hydrogens is 268 g/mol. The van der Waals surface area contributed by atoms with Crippen molar-refractivity contribution in [2.24, 2.45) is 0 Å². The quantitative estimate of drug-likeness (QED) is 0.670. The third-order valence-electron chi connectivity index (χ3n) is 2.77. The van der Waals surface area contributed by atoms with Gasteiger partial charge in [0.05, 0.1) is 6.61 Å². The molecule has 0 bridgehead atoms. The number of rotatable bonds is 7. The van der Waals surface area contributed by atoms with Crippen LogP contribution in [0.3, 0.4) is 0 Å². The van der Waals surface area contributed by atoms with Gasteiger partial charge in [-0.3, -0.25) is 0 Å². The Morgan fingerprint density at radius 1 is 1.24 bits per heavy atom. The first-order valence-corrected chi connectivity index (χ1v) is 7.26. The lowest BCUT2D eigenvalue weighted by molar-refractivity contribution is 0.0527. The second-order valence-electron chi connectivity index (χ2n) is 5.95. The predicted octanol–water partition coefficient (Wildman–Crippen LogP) is 1.70. The Bertz CT molecular complexity index is 415. The van der Waals surface area contributed by atoms with Crippen LogP contribution in [-0.4, -0.2) is 42.5 Å². The van der Waals surface area contributed by atoms with Gasteiger partial charge in [-0.1, -0.05) is 30.3 Å². The average molecular weight is 294 g/mol. The van der Waals surface area contributed by atoms with Gasteiger partial charge in [-0.05, 0) is 32.8 Å². The fourth-order valence-corrected chi connectivity index (χ4v) is 1.85. The van der Waals surface area contributed by atoms with E-state index < -0.39 is 11.7 Å². The van der Waals surface area contributed by atoms with Gasteiger partial charge >= 0.3 is 6.09 Å². The molecule has 3 N–H and O–H groups in total. The predicted molar refractivity (Wildman–Crippen MR) is 83.3 cm³/mol. The SMILES string of the molecule is CC(C)(C)OC(=O)NCCN[C@H](CO)Cc1ccccc1. The summed E-state index contributed by atoms with van der Waals surface area (Å²) in [6.45, 7) is 6.57. The topological polar surface area (TPSA) is 70.6 Å². The Morgan fingerprint density at radius 2 is 1.90 bits per heavy atom. The summed E-state index contributed by atoms with van der Waals surface area (Å²) in [6, 6.07) is 9.97. The zero-order valence-corrected chi connectivity index (χ0v) is 13.1. The zero-order valence-electron chi connectivity index (χ0n) is 13.1. The molecule has 0 aliphatic heterocycles. The summed E-state index contributed by atoms with van der Waals surface area (Å²) in [5.74, 6) is 0. The first-order valence-electron chi connectivity index (χ1n) is 7.26. The van der Waals surface area contributed by atoms with Crippen molar-refractivity contribution in [3.8, 4) is 0 Å². The zero-order chi connectivity index (χ0) is 15.7. The lowest BCUT2D eigenvalue weighted by Crippen LogP contribution is -2.41. The van der Waals surface area contributed by atoms with Crippen LogP contribution in [0.15, 0.2) is 30.3 Å². The molecule has 0 aliphatic carbocycles. The molecule has 5 heteroatoms. The van der Waals surface area contributed by atoms with Crippen molar-refractivity contribution in [2.45, 2.75) is 38.8 Å². The van der Waals surface area contributed by atoms with Gasteiger partial charge in [-0.2, -0.15) is 0 Å². The first kappa shape index (κ1) is 17.5.